The molecule has 0 aromatic heterocycles. The lowest BCUT2D eigenvalue weighted by atomic mass is 10.2. The largest absolute Gasteiger partial charge is 0.496 e. The molecule has 0 aliphatic rings. The molecular formula is C14H21Br2NO. The molecule has 0 saturated carbocycles. The van der Waals surface area contributed by atoms with Crippen molar-refractivity contribution in [1.82, 2.24) is 4.90 Å². The van der Waals surface area contributed by atoms with Crippen LogP contribution in [0.4, 0.5) is 0 Å². The molecular weight excluding hydrogens is 358 g/mol. The van der Waals surface area contributed by atoms with Crippen LogP contribution in [-0.4, -0.2) is 30.9 Å². The second kappa shape index (κ2) is 8.94. The van der Waals surface area contributed by atoms with E-state index in [-0.39, 0.29) is 0 Å². The van der Waals surface area contributed by atoms with E-state index in [4.69, 9.17) is 4.74 Å². The van der Waals surface area contributed by atoms with Crippen molar-refractivity contribution in [3.8, 4) is 5.75 Å². The van der Waals surface area contributed by atoms with Gasteiger partial charge in [0, 0.05) is 11.9 Å². The molecule has 0 spiro atoms. The van der Waals surface area contributed by atoms with Crippen LogP contribution in [0.1, 0.15) is 24.8 Å². The Bertz CT molecular complexity index is 358. The van der Waals surface area contributed by atoms with E-state index in [0.29, 0.717) is 0 Å². The molecule has 0 heterocycles. The van der Waals surface area contributed by atoms with Crippen LogP contribution < -0.4 is 4.74 Å². The summed E-state index contributed by atoms with van der Waals surface area (Å²) in [6.45, 7) is 2.13. The number of halogens is 2. The second-order valence-electron chi connectivity index (χ2n) is 4.46. The molecule has 0 fully saturated rings. The quantitative estimate of drug-likeness (QED) is 0.489. The number of methoxy groups -OCH3 is 1. The highest BCUT2D eigenvalue weighted by molar-refractivity contribution is 9.10. The van der Waals surface area contributed by atoms with Gasteiger partial charge in [-0.1, -0.05) is 28.4 Å². The van der Waals surface area contributed by atoms with E-state index in [1.807, 2.05) is 6.07 Å². The third-order valence-electron chi connectivity index (χ3n) is 2.84. The summed E-state index contributed by atoms with van der Waals surface area (Å²) in [5.41, 5.74) is 1.31. The zero-order valence-corrected chi connectivity index (χ0v) is 14.3. The molecule has 1 aromatic rings. The van der Waals surface area contributed by atoms with Gasteiger partial charge in [0.15, 0.2) is 0 Å². The first kappa shape index (κ1) is 16.0. The van der Waals surface area contributed by atoms with E-state index in [1.165, 1.54) is 24.8 Å². The number of hydrogen-bond acceptors (Lipinski definition) is 2. The lowest BCUT2D eigenvalue weighted by Crippen LogP contribution is -2.19. The lowest BCUT2D eigenvalue weighted by Gasteiger charge is -2.17. The van der Waals surface area contributed by atoms with E-state index >= 15 is 0 Å². The topological polar surface area (TPSA) is 12.5 Å². The smallest absolute Gasteiger partial charge is 0.133 e. The highest BCUT2D eigenvalue weighted by atomic mass is 79.9. The third kappa shape index (κ3) is 5.72. The monoisotopic (exact) mass is 377 g/mol. The highest BCUT2D eigenvalue weighted by Gasteiger charge is 2.04. The molecule has 102 valence electrons. The molecule has 4 heteroatoms. The van der Waals surface area contributed by atoms with Gasteiger partial charge in [0.05, 0.1) is 11.6 Å². The van der Waals surface area contributed by atoms with Crippen molar-refractivity contribution in [3.63, 3.8) is 0 Å². The highest BCUT2D eigenvalue weighted by Crippen LogP contribution is 2.25. The van der Waals surface area contributed by atoms with E-state index in [2.05, 4.69) is 55.9 Å². The van der Waals surface area contributed by atoms with Crippen LogP contribution in [-0.2, 0) is 6.54 Å². The molecule has 0 bridgehead atoms. The number of unbranched alkanes of at least 4 members (excludes halogenated alkanes) is 2. The van der Waals surface area contributed by atoms with Crippen LogP contribution in [0, 0.1) is 0 Å². The Kier molecular flexibility index (Phi) is 7.95. The molecule has 0 amide bonds. The second-order valence-corrected chi connectivity index (χ2v) is 6.10. The summed E-state index contributed by atoms with van der Waals surface area (Å²) in [6.07, 6.45) is 3.82. The molecule has 1 aromatic carbocycles. The number of ether oxygens (including phenoxy) is 1. The molecule has 0 saturated heterocycles. The number of benzene rings is 1. The standard InChI is InChI=1S/C14H21Br2NO/c1-17(9-5-3-4-8-15)11-12-6-7-14(18-2)13(16)10-12/h6-7,10H,3-5,8-9,11H2,1-2H3. The van der Waals surface area contributed by atoms with Crippen LogP contribution in [0.15, 0.2) is 22.7 Å². The molecule has 0 radical (unpaired) electrons. The summed E-state index contributed by atoms with van der Waals surface area (Å²) in [5.74, 6) is 0.888. The summed E-state index contributed by atoms with van der Waals surface area (Å²) in [5, 5.41) is 1.11. The number of nitrogens with zero attached hydrogens (tertiary/aromatic N) is 1. The molecule has 1 rings (SSSR count). The number of alkyl halides is 1. The first-order chi connectivity index (χ1) is 8.67. The van der Waals surface area contributed by atoms with Gasteiger partial charge < -0.3 is 9.64 Å². The summed E-state index contributed by atoms with van der Waals surface area (Å²) in [4.78, 5) is 2.36. The minimum atomic E-state index is 0.888. The van der Waals surface area contributed by atoms with Crippen molar-refractivity contribution in [1.29, 1.82) is 0 Å². The van der Waals surface area contributed by atoms with Gasteiger partial charge in [0.1, 0.15) is 5.75 Å². The van der Waals surface area contributed by atoms with Crippen LogP contribution in [0.2, 0.25) is 0 Å². The predicted molar refractivity (Wildman–Crippen MR) is 84.7 cm³/mol. The van der Waals surface area contributed by atoms with Gasteiger partial charge >= 0.3 is 0 Å². The van der Waals surface area contributed by atoms with E-state index in [0.717, 1.165) is 28.6 Å². The van der Waals surface area contributed by atoms with Crippen LogP contribution in [0.3, 0.4) is 0 Å². The molecule has 2 nitrogen and oxygen atoms in total. The van der Waals surface area contributed by atoms with E-state index in [9.17, 15) is 0 Å². The zero-order valence-electron chi connectivity index (χ0n) is 11.1. The Morgan fingerprint density at radius 1 is 1.22 bits per heavy atom. The Morgan fingerprint density at radius 2 is 2.00 bits per heavy atom. The Balaban J connectivity index is 2.39. The van der Waals surface area contributed by atoms with Crippen LogP contribution >= 0.6 is 31.9 Å². The van der Waals surface area contributed by atoms with E-state index in [1.54, 1.807) is 7.11 Å². The fourth-order valence-corrected chi connectivity index (χ4v) is 2.84. The summed E-state index contributed by atoms with van der Waals surface area (Å²) in [7, 11) is 3.86. The summed E-state index contributed by atoms with van der Waals surface area (Å²) in [6, 6.07) is 6.27. The molecule has 0 aliphatic heterocycles. The van der Waals surface area contributed by atoms with E-state index < -0.39 is 0 Å². The van der Waals surface area contributed by atoms with Crippen molar-refractivity contribution in [2.75, 3.05) is 26.0 Å². The Hall–Kier alpha value is -0.0600. The molecule has 0 unspecified atom stereocenters. The maximum absolute atomic E-state index is 5.23. The first-order valence-electron chi connectivity index (χ1n) is 6.24. The first-order valence-corrected chi connectivity index (χ1v) is 8.15. The molecule has 0 atom stereocenters. The van der Waals surface area contributed by atoms with Crippen LogP contribution in [0.5, 0.6) is 5.75 Å². The SMILES string of the molecule is COc1ccc(CN(C)CCCCCBr)cc1Br. The zero-order chi connectivity index (χ0) is 13.4. The maximum atomic E-state index is 5.23. The minimum absolute atomic E-state index is 0.888. The van der Waals surface area contributed by atoms with Crippen molar-refractivity contribution >= 4 is 31.9 Å². The van der Waals surface area contributed by atoms with Gasteiger partial charge in [0.2, 0.25) is 0 Å². The normalized spacial score (nSPS) is 10.9. The summed E-state index contributed by atoms with van der Waals surface area (Å²) >= 11 is 6.98. The van der Waals surface area contributed by atoms with Crippen molar-refractivity contribution in [3.05, 3.63) is 28.2 Å². The predicted octanol–water partition coefficient (Wildman–Crippen LogP) is 4.45. The Morgan fingerprint density at radius 3 is 2.61 bits per heavy atom. The van der Waals surface area contributed by atoms with Gasteiger partial charge in [-0.25, -0.2) is 0 Å². The number of rotatable bonds is 8. The summed E-state index contributed by atoms with van der Waals surface area (Å²) < 4.78 is 6.26. The fraction of sp³-hybridized carbons (Fsp3) is 0.571. The third-order valence-corrected chi connectivity index (χ3v) is 4.02. The van der Waals surface area contributed by atoms with Gasteiger partial charge in [-0.2, -0.15) is 0 Å². The van der Waals surface area contributed by atoms with Crippen molar-refractivity contribution in [2.45, 2.75) is 25.8 Å². The van der Waals surface area contributed by atoms with Gasteiger partial charge in [-0.3, -0.25) is 0 Å². The van der Waals surface area contributed by atoms with Crippen LogP contribution in [0.25, 0.3) is 0 Å². The van der Waals surface area contributed by atoms with Crippen molar-refractivity contribution < 1.29 is 4.74 Å². The minimum Gasteiger partial charge on any atom is -0.496 e. The molecule has 18 heavy (non-hydrogen) atoms. The fourth-order valence-electron chi connectivity index (χ4n) is 1.85. The number of hydrogen-bond donors (Lipinski definition) is 0. The van der Waals surface area contributed by atoms with Gasteiger partial charge in [-0.15, -0.1) is 0 Å². The Labute approximate surface area is 127 Å². The van der Waals surface area contributed by atoms with Crippen molar-refractivity contribution in [2.24, 2.45) is 0 Å². The molecule has 0 N–H and O–H groups in total. The molecule has 0 aliphatic carbocycles. The maximum Gasteiger partial charge on any atom is 0.133 e. The van der Waals surface area contributed by atoms with Gasteiger partial charge in [0.25, 0.3) is 0 Å². The average molecular weight is 379 g/mol. The van der Waals surface area contributed by atoms with Gasteiger partial charge in [-0.05, 0) is 60.1 Å². The lowest BCUT2D eigenvalue weighted by molar-refractivity contribution is 0.318. The average Bonchev–Trinajstić information content (AvgIpc) is 2.35.